The number of ether oxygens (including phenoxy) is 1. The minimum absolute atomic E-state index is 0.0967. The smallest absolute Gasteiger partial charge is 0.379 e. The van der Waals surface area contributed by atoms with Crippen LogP contribution in [0.15, 0.2) is 11.8 Å². The summed E-state index contributed by atoms with van der Waals surface area (Å²) in [7, 11) is 0. The normalized spacial score (nSPS) is 12.4. The molecule has 4 heteroatoms. The van der Waals surface area contributed by atoms with Crippen LogP contribution in [0.25, 0.3) is 0 Å². The van der Waals surface area contributed by atoms with Crippen LogP contribution >= 0.6 is 0 Å². The van der Waals surface area contributed by atoms with E-state index in [9.17, 15) is 14.7 Å². The van der Waals surface area contributed by atoms with Crippen molar-refractivity contribution in [2.24, 2.45) is 5.41 Å². The van der Waals surface area contributed by atoms with Crippen molar-refractivity contribution >= 4 is 11.8 Å². The van der Waals surface area contributed by atoms with Crippen LogP contribution in [0.5, 0.6) is 0 Å². The number of hydrogen-bond donors (Lipinski definition) is 1. The quantitative estimate of drug-likeness (QED) is 0.336. The van der Waals surface area contributed by atoms with Gasteiger partial charge in [-0.2, -0.15) is 0 Å². The van der Waals surface area contributed by atoms with Gasteiger partial charge in [-0.15, -0.1) is 0 Å². The molecule has 0 rings (SSSR count). The van der Waals surface area contributed by atoms with Crippen molar-refractivity contribution in [1.29, 1.82) is 0 Å². The third-order valence-corrected chi connectivity index (χ3v) is 1.49. The lowest BCUT2D eigenvalue weighted by atomic mass is 9.91. The topological polar surface area (TPSA) is 63.6 Å². The molecule has 0 aliphatic heterocycles. The van der Waals surface area contributed by atoms with E-state index >= 15 is 0 Å². The maximum Gasteiger partial charge on any atom is 0.379 e. The molecule has 0 fully saturated rings. The molecule has 0 aromatic rings. The van der Waals surface area contributed by atoms with E-state index in [0.717, 1.165) is 6.08 Å². The Kier molecular flexibility index (Phi) is 5.05. The SMILES string of the molecule is CCOC(=O)C(=O)/C=C(\O)CC(C)(C)C. The number of aliphatic hydroxyl groups excluding tert-OH is 1. The standard InChI is InChI=1S/C11H18O4/c1-5-15-10(14)9(13)6-8(12)7-11(2,3)4/h6,12H,5,7H2,1-4H3/b8-6-. The summed E-state index contributed by atoms with van der Waals surface area (Å²) in [6, 6.07) is 0. The summed E-state index contributed by atoms with van der Waals surface area (Å²) in [6.07, 6.45) is 1.27. The predicted octanol–water partition coefficient (Wildman–Crippen LogP) is 2.00. The Balaban J connectivity index is 4.36. The van der Waals surface area contributed by atoms with Crippen molar-refractivity contribution < 1.29 is 19.4 Å². The molecule has 0 aromatic carbocycles. The van der Waals surface area contributed by atoms with E-state index < -0.39 is 11.8 Å². The second-order valence-corrected chi connectivity index (χ2v) is 4.46. The molecule has 0 saturated carbocycles. The summed E-state index contributed by atoms with van der Waals surface area (Å²) in [4.78, 5) is 22.0. The van der Waals surface area contributed by atoms with Gasteiger partial charge in [0, 0.05) is 12.5 Å². The van der Waals surface area contributed by atoms with Crippen molar-refractivity contribution in [1.82, 2.24) is 0 Å². The summed E-state index contributed by atoms with van der Waals surface area (Å²) in [5.74, 6) is -1.85. The van der Waals surface area contributed by atoms with Crippen molar-refractivity contribution in [2.75, 3.05) is 6.61 Å². The molecule has 0 aliphatic carbocycles. The van der Waals surface area contributed by atoms with Crippen molar-refractivity contribution in [3.05, 3.63) is 11.8 Å². The minimum Gasteiger partial charge on any atom is -0.512 e. The largest absolute Gasteiger partial charge is 0.512 e. The monoisotopic (exact) mass is 214 g/mol. The molecule has 0 unspecified atom stereocenters. The molecule has 0 bridgehead atoms. The summed E-state index contributed by atoms with van der Waals surface area (Å²) in [5.41, 5.74) is -0.129. The molecule has 15 heavy (non-hydrogen) atoms. The Morgan fingerprint density at radius 1 is 1.33 bits per heavy atom. The second kappa shape index (κ2) is 5.53. The first-order valence-electron chi connectivity index (χ1n) is 4.87. The average molecular weight is 214 g/mol. The average Bonchev–Trinajstić information content (AvgIpc) is 2.00. The highest BCUT2D eigenvalue weighted by Crippen LogP contribution is 2.22. The van der Waals surface area contributed by atoms with E-state index in [1.54, 1.807) is 6.92 Å². The lowest BCUT2D eigenvalue weighted by Crippen LogP contribution is -2.16. The zero-order valence-electron chi connectivity index (χ0n) is 9.66. The molecule has 0 radical (unpaired) electrons. The van der Waals surface area contributed by atoms with Gasteiger partial charge >= 0.3 is 5.97 Å². The molecule has 0 heterocycles. The van der Waals surface area contributed by atoms with Crippen LogP contribution < -0.4 is 0 Å². The first-order valence-corrected chi connectivity index (χ1v) is 4.87. The Morgan fingerprint density at radius 2 is 1.87 bits per heavy atom. The maximum atomic E-state index is 11.1. The van der Waals surface area contributed by atoms with Gasteiger partial charge in [0.05, 0.1) is 12.4 Å². The first kappa shape index (κ1) is 13.7. The number of esters is 1. The van der Waals surface area contributed by atoms with Gasteiger partial charge in [0.2, 0.25) is 0 Å². The van der Waals surface area contributed by atoms with Crippen LogP contribution in [0.4, 0.5) is 0 Å². The molecular weight excluding hydrogens is 196 g/mol. The van der Waals surface area contributed by atoms with Crippen LogP contribution in [0, 0.1) is 5.41 Å². The zero-order valence-corrected chi connectivity index (χ0v) is 9.66. The summed E-state index contributed by atoms with van der Waals surface area (Å²) in [5, 5.41) is 9.40. The van der Waals surface area contributed by atoms with Gasteiger partial charge in [0.1, 0.15) is 0 Å². The Labute approximate surface area is 89.9 Å². The highest BCUT2D eigenvalue weighted by Gasteiger charge is 2.17. The van der Waals surface area contributed by atoms with Gasteiger partial charge in [-0.05, 0) is 12.3 Å². The number of carbonyl (C=O) groups excluding carboxylic acids is 2. The fourth-order valence-corrected chi connectivity index (χ4v) is 1.01. The van der Waals surface area contributed by atoms with Crippen LogP contribution in [-0.4, -0.2) is 23.5 Å². The van der Waals surface area contributed by atoms with E-state index in [1.165, 1.54) is 0 Å². The molecule has 0 aliphatic rings. The summed E-state index contributed by atoms with van der Waals surface area (Å²) < 4.78 is 4.49. The van der Waals surface area contributed by atoms with Gasteiger partial charge in [0.25, 0.3) is 5.78 Å². The van der Waals surface area contributed by atoms with Crippen LogP contribution in [0.3, 0.4) is 0 Å². The summed E-state index contributed by atoms with van der Waals surface area (Å²) in [6.45, 7) is 7.53. The van der Waals surface area contributed by atoms with E-state index in [4.69, 9.17) is 0 Å². The van der Waals surface area contributed by atoms with E-state index in [2.05, 4.69) is 4.74 Å². The van der Waals surface area contributed by atoms with Gasteiger partial charge in [-0.3, -0.25) is 4.79 Å². The predicted molar refractivity (Wildman–Crippen MR) is 56.4 cm³/mol. The summed E-state index contributed by atoms with van der Waals surface area (Å²) >= 11 is 0. The fraction of sp³-hybridized carbons (Fsp3) is 0.636. The lowest BCUT2D eigenvalue weighted by Gasteiger charge is -2.16. The van der Waals surface area contributed by atoms with Crippen molar-refractivity contribution in [3.63, 3.8) is 0 Å². The highest BCUT2D eigenvalue weighted by atomic mass is 16.5. The number of ketones is 1. The minimum atomic E-state index is -0.932. The third-order valence-electron chi connectivity index (χ3n) is 1.49. The van der Waals surface area contributed by atoms with Crippen LogP contribution in [0.2, 0.25) is 0 Å². The highest BCUT2D eigenvalue weighted by molar-refractivity contribution is 6.38. The molecule has 86 valence electrons. The molecule has 0 amide bonds. The lowest BCUT2D eigenvalue weighted by molar-refractivity contribution is -0.151. The number of allylic oxidation sites excluding steroid dienone is 1. The Morgan fingerprint density at radius 3 is 2.27 bits per heavy atom. The third kappa shape index (κ3) is 6.71. The first-order chi connectivity index (χ1) is 6.76. The van der Waals surface area contributed by atoms with Crippen LogP contribution in [0.1, 0.15) is 34.1 Å². The van der Waals surface area contributed by atoms with Gasteiger partial charge < -0.3 is 9.84 Å². The molecule has 0 aromatic heterocycles. The maximum absolute atomic E-state index is 11.1. The number of rotatable bonds is 4. The van der Waals surface area contributed by atoms with Gasteiger partial charge in [-0.1, -0.05) is 20.8 Å². The molecule has 0 atom stereocenters. The number of aliphatic hydroxyl groups is 1. The van der Waals surface area contributed by atoms with Crippen molar-refractivity contribution in [3.8, 4) is 0 Å². The van der Waals surface area contributed by atoms with E-state index in [-0.39, 0.29) is 17.8 Å². The Bertz CT molecular complexity index is 271. The fourth-order valence-electron chi connectivity index (χ4n) is 1.01. The molecular formula is C11H18O4. The second-order valence-electron chi connectivity index (χ2n) is 4.46. The zero-order chi connectivity index (χ0) is 12.1. The number of hydrogen-bond acceptors (Lipinski definition) is 4. The Hall–Kier alpha value is -1.32. The molecule has 4 nitrogen and oxygen atoms in total. The van der Waals surface area contributed by atoms with E-state index in [1.807, 2.05) is 20.8 Å². The number of carbonyl (C=O) groups is 2. The molecule has 1 N–H and O–H groups in total. The van der Waals surface area contributed by atoms with Gasteiger partial charge in [0.15, 0.2) is 0 Å². The van der Waals surface area contributed by atoms with Crippen molar-refractivity contribution in [2.45, 2.75) is 34.1 Å². The molecule has 0 saturated heterocycles. The van der Waals surface area contributed by atoms with E-state index in [0.29, 0.717) is 6.42 Å². The van der Waals surface area contributed by atoms with Gasteiger partial charge in [-0.25, -0.2) is 4.79 Å². The molecule has 0 spiro atoms. The van der Waals surface area contributed by atoms with Crippen LogP contribution in [-0.2, 0) is 14.3 Å².